The molecule has 0 saturated carbocycles. The highest BCUT2D eigenvalue weighted by molar-refractivity contribution is 7.10. The number of hydrogen-bond donors (Lipinski definition) is 1. The van der Waals surface area contributed by atoms with E-state index in [1.54, 1.807) is 4.88 Å². The number of aliphatic hydroxyl groups is 1. The fourth-order valence-corrected chi connectivity index (χ4v) is 3.05. The fourth-order valence-electron chi connectivity index (χ4n) is 2.04. The van der Waals surface area contributed by atoms with E-state index in [1.165, 1.54) is 24.8 Å². The Balaban J connectivity index is 2.19. The molecule has 1 heterocycles. The van der Waals surface area contributed by atoms with Crippen molar-refractivity contribution in [2.24, 2.45) is 0 Å². The maximum atomic E-state index is 8.88. The monoisotopic (exact) mass is 182 g/mol. The van der Waals surface area contributed by atoms with E-state index in [2.05, 4.69) is 11.4 Å². The summed E-state index contributed by atoms with van der Waals surface area (Å²) < 4.78 is 0. The Hall–Kier alpha value is -0.340. The zero-order chi connectivity index (χ0) is 8.39. The van der Waals surface area contributed by atoms with Crippen LogP contribution in [-0.2, 0) is 6.42 Å². The van der Waals surface area contributed by atoms with Crippen LogP contribution in [0.3, 0.4) is 0 Å². The minimum atomic E-state index is 0.333. The van der Waals surface area contributed by atoms with Gasteiger partial charge in [-0.05, 0) is 48.6 Å². The molecule has 0 aromatic carbocycles. The van der Waals surface area contributed by atoms with E-state index in [0.29, 0.717) is 12.5 Å². The van der Waals surface area contributed by atoms with Crippen molar-refractivity contribution in [2.45, 2.75) is 31.6 Å². The van der Waals surface area contributed by atoms with Gasteiger partial charge >= 0.3 is 0 Å². The zero-order valence-corrected chi connectivity index (χ0v) is 7.94. The van der Waals surface area contributed by atoms with Gasteiger partial charge in [0, 0.05) is 11.5 Å². The van der Waals surface area contributed by atoms with E-state index in [1.807, 2.05) is 11.3 Å². The van der Waals surface area contributed by atoms with Crippen LogP contribution in [0.25, 0.3) is 0 Å². The second-order valence-corrected chi connectivity index (χ2v) is 4.40. The van der Waals surface area contributed by atoms with Gasteiger partial charge in [-0.25, -0.2) is 0 Å². The van der Waals surface area contributed by atoms with Crippen LogP contribution in [0, 0.1) is 0 Å². The topological polar surface area (TPSA) is 20.2 Å². The zero-order valence-electron chi connectivity index (χ0n) is 7.12. The van der Waals surface area contributed by atoms with E-state index >= 15 is 0 Å². The largest absolute Gasteiger partial charge is 0.396 e. The molecule has 2 rings (SSSR count). The summed E-state index contributed by atoms with van der Waals surface area (Å²) in [7, 11) is 0. The Morgan fingerprint density at radius 2 is 2.50 bits per heavy atom. The van der Waals surface area contributed by atoms with Crippen molar-refractivity contribution in [2.75, 3.05) is 6.61 Å². The van der Waals surface area contributed by atoms with Crippen molar-refractivity contribution >= 4 is 11.3 Å². The normalized spacial score (nSPS) is 22.2. The molecule has 66 valence electrons. The molecular weight excluding hydrogens is 168 g/mol. The third-order valence-corrected chi connectivity index (χ3v) is 3.65. The van der Waals surface area contributed by atoms with Crippen molar-refractivity contribution in [1.29, 1.82) is 0 Å². The van der Waals surface area contributed by atoms with Crippen LogP contribution in [0.1, 0.15) is 35.6 Å². The maximum absolute atomic E-state index is 8.88. The number of fused-ring (bicyclic) bond motifs is 1. The summed E-state index contributed by atoms with van der Waals surface area (Å²) in [5, 5.41) is 11.1. The summed E-state index contributed by atoms with van der Waals surface area (Å²) in [6, 6.07) is 2.24. The average molecular weight is 182 g/mol. The first-order valence-electron chi connectivity index (χ1n) is 4.59. The fraction of sp³-hybridized carbons (Fsp3) is 0.600. The van der Waals surface area contributed by atoms with E-state index < -0.39 is 0 Å². The van der Waals surface area contributed by atoms with Gasteiger partial charge in [-0.3, -0.25) is 0 Å². The highest BCUT2D eigenvalue weighted by atomic mass is 32.1. The molecule has 0 spiro atoms. The third-order valence-electron chi connectivity index (χ3n) is 2.65. The van der Waals surface area contributed by atoms with E-state index in [9.17, 15) is 0 Å². The minimum absolute atomic E-state index is 0.333. The molecule has 0 aliphatic heterocycles. The predicted octanol–water partition coefficient (Wildman–Crippen LogP) is 2.55. The van der Waals surface area contributed by atoms with Crippen LogP contribution in [0.5, 0.6) is 0 Å². The Morgan fingerprint density at radius 3 is 3.33 bits per heavy atom. The van der Waals surface area contributed by atoms with Gasteiger partial charge in [-0.15, -0.1) is 11.3 Å². The van der Waals surface area contributed by atoms with Gasteiger partial charge in [-0.2, -0.15) is 0 Å². The first kappa shape index (κ1) is 8.27. The molecular formula is C10H14OS. The molecule has 0 bridgehead atoms. The molecule has 0 radical (unpaired) electrons. The van der Waals surface area contributed by atoms with Crippen molar-refractivity contribution in [3.8, 4) is 0 Å². The van der Waals surface area contributed by atoms with Crippen molar-refractivity contribution in [3.63, 3.8) is 0 Å². The van der Waals surface area contributed by atoms with E-state index in [4.69, 9.17) is 5.11 Å². The molecule has 0 amide bonds. The number of rotatable bonds is 2. The Morgan fingerprint density at radius 1 is 1.58 bits per heavy atom. The molecule has 12 heavy (non-hydrogen) atoms. The molecule has 1 unspecified atom stereocenters. The van der Waals surface area contributed by atoms with Gasteiger partial charge in [0.1, 0.15) is 0 Å². The Kier molecular flexibility index (Phi) is 2.47. The Bertz CT molecular complexity index is 254. The summed E-state index contributed by atoms with van der Waals surface area (Å²) in [5.41, 5.74) is 1.51. The molecule has 0 saturated heterocycles. The van der Waals surface area contributed by atoms with Crippen molar-refractivity contribution < 1.29 is 5.11 Å². The number of hydrogen-bond acceptors (Lipinski definition) is 2. The first-order chi connectivity index (χ1) is 5.92. The van der Waals surface area contributed by atoms with Crippen molar-refractivity contribution in [1.82, 2.24) is 0 Å². The van der Waals surface area contributed by atoms with Crippen LogP contribution < -0.4 is 0 Å². The van der Waals surface area contributed by atoms with Gasteiger partial charge in [0.05, 0.1) is 0 Å². The van der Waals surface area contributed by atoms with Gasteiger partial charge in [0.2, 0.25) is 0 Å². The minimum Gasteiger partial charge on any atom is -0.396 e. The van der Waals surface area contributed by atoms with Gasteiger partial charge < -0.3 is 5.11 Å². The highest BCUT2D eigenvalue weighted by Gasteiger charge is 2.19. The maximum Gasteiger partial charge on any atom is 0.0436 e. The SMILES string of the molecule is OCCC1CCCc2sccc21. The van der Waals surface area contributed by atoms with Crippen LogP contribution in [0.15, 0.2) is 11.4 Å². The lowest BCUT2D eigenvalue weighted by atomic mass is 9.86. The van der Waals surface area contributed by atoms with Crippen LogP contribution in [0.4, 0.5) is 0 Å². The lowest BCUT2D eigenvalue weighted by Gasteiger charge is -2.21. The van der Waals surface area contributed by atoms with Crippen LogP contribution in [-0.4, -0.2) is 11.7 Å². The Labute approximate surface area is 77.0 Å². The van der Waals surface area contributed by atoms with E-state index in [0.717, 1.165) is 6.42 Å². The molecule has 0 fully saturated rings. The van der Waals surface area contributed by atoms with E-state index in [-0.39, 0.29) is 0 Å². The van der Waals surface area contributed by atoms with Gasteiger partial charge in [0.25, 0.3) is 0 Å². The smallest absolute Gasteiger partial charge is 0.0436 e. The number of aryl methyl sites for hydroxylation is 1. The molecule has 1 atom stereocenters. The van der Waals surface area contributed by atoms with Gasteiger partial charge in [0.15, 0.2) is 0 Å². The highest BCUT2D eigenvalue weighted by Crippen LogP contribution is 2.36. The molecule has 1 nitrogen and oxygen atoms in total. The lowest BCUT2D eigenvalue weighted by Crippen LogP contribution is -2.08. The summed E-state index contributed by atoms with van der Waals surface area (Å²) in [6.07, 6.45) is 4.78. The molecule has 1 aromatic heterocycles. The number of aliphatic hydroxyl groups excluding tert-OH is 1. The predicted molar refractivity (Wildman–Crippen MR) is 51.7 cm³/mol. The summed E-state index contributed by atoms with van der Waals surface area (Å²) in [5.74, 6) is 0.644. The second-order valence-electron chi connectivity index (χ2n) is 3.40. The second kappa shape index (κ2) is 3.58. The lowest BCUT2D eigenvalue weighted by molar-refractivity contribution is 0.270. The molecule has 1 N–H and O–H groups in total. The third kappa shape index (κ3) is 1.41. The first-order valence-corrected chi connectivity index (χ1v) is 5.47. The molecule has 1 aromatic rings. The van der Waals surface area contributed by atoms with Crippen molar-refractivity contribution in [3.05, 3.63) is 21.9 Å². The molecule has 1 aliphatic rings. The number of thiophene rings is 1. The average Bonchev–Trinajstić information content (AvgIpc) is 2.53. The quantitative estimate of drug-likeness (QED) is 0.745. The summed E-state index contributed by atoms with van der Waals surface area (Å²) in [6.45, 7) is 0.333. The van der Waals surface area contributed by atoms with Crippen LogP contribution in [0.2, 0.25) is 0 Å². The molecule has 2 heteroatoms. The van der Waals surface area contributed by atoms with Gasteiger partial charge in [-0.1, -0.05) is 0 Å². The standard InChI is InChI=1S/C10H14OS/c11-6-4-8-2-1-3-10-9(8)5-7-12-10/h5,7-8,11H,1-4,6H2. The summed E-state index contributed by atoms with van der Waals surface area (Å²) in [4.78, 5) is 1.56. The molecule has 1 aliphatic carbocycles. The van der Waals surface area contributed by atoms with Crippen LogP contribution >= 0.6 is 11.3 Å². The summed E-state index contributed by atoms with van der Waals surface area (Å²) >= 11 is 1.87.